The molecule has 10 heteroatoms. The summed E-state index contributed by atoms with van der Waals surface area (Å²) in [5.41, 5.74) is 0.465. The van der Waals surface area contributed by atoms with Gasteiger partial charge in [-0.3, -0.25) is 4.79 Å². The minimum atomic E-state index is -0.809. The van der Waals surface area contributed by atoms with Crippen molar-refractivity contribution in [3.8, 4) is 5.69 Å². The molecule has 0 bridgehead atoms. The average molecular weight is 487 g/mol. The SMILES string of the molecule is CC1(c2nc3cc(F)c(Br)cc3[nH]2)CCCN1C(=O)c1c(F)cccc1-n1nccn1. The number of carbonyl (C=O) groups is 1. The summed E-state index contributed by atoms with van der Waals surface area (Å²) in [5, 5.41) is 8.09. The van der Waals surface area contributed by atoms with Crippen molar-refractivity contribution < 1.29 is 13.6 Å². The van der Waals surface area contributed by atoms with Gasteiger partial charge in [-0.2, -0.15) is 15.0 Å². The normalized spacial score (nSPS) is 18.8. The quantitative estimate of drug-likeness (QED) is 0.467. The third-order valence-electron chi connectivity index (χ3n) is 5.76. The maximum absolute atomic E-state index is 14.9. The number of H-pyrrole nitrogens is 1. The molecule has 1 fully saturated rings. The minimum absolute atomic E-state index is 0.100. The van der Waals surface area contributed by atoms with Gasteiger partial charge in [-0.05, 0) is 53.9 Å². The molecule has 1 aliphatic rings. The highest BCUT2D eigenvalue weighted by Gasteiger charge is 2.45. The number of amides is 1. The smallest absolute Gasteiger partial charge is 0.259 e. The Morgan fingerprint density at radius 3 is 2.74 bits per heavy atom. The second-order valence-corrected chi connectivity index (χ2v) is 8.51. The predicted molar refractivity (Wildman–Crippen MR) is 113 cm³/mol. The first kappa shape index (κ1) is 19.8. The van der Waals surface area contributed by atoms with E-state index in [1.54, 1.807) is 17.0 Å². The molecular formula is C21H17BrF2N6O. The van der Waals surface area contributed by atoms with Crippen molar-refractivity contribution in [2.75, 3.05) is 6.54 Å². The molecule has 0 spiro atoms. The number of aromatic nitrogens is 5. The molecule has 7 nitrogen and oxygen atoms in total. The van der Waals surface area contributed by atoms with Crippen LogP contribution in [-0.2, 0) is 5.54 Å². The molecule has 3 heterocycles. The number of fused-ring (bicyclic) bond motifs is 1. The minimum Gasteiger partial charge on any atom is -0.340 e. The van der Waals surface area contributed by atoms with Crippen molar-refractivity contribution in [1.82, 2.24) is 29.9 Å². The van der Waals surface area contributed by atoms with Crippen LogP contribution in [0.25, 0.3) is 16.7 Å². The van der Waals surface area contributed by atoms with Crippen LogP contribution >= 0.6 is 15.9 Å². The fourth-order valence-electron chi connectivity index (χ4n) is 4.16. The molecule has 158 valence electrons. The monoisotopic (exact) mass is 486 g/mol. The number of aromatic amines is 1. The van der Waals surface area contributed by atoms with E-state index in [2.05, 4.69) is 36.1 Å². The number of hydrogen-bond acceptors (Lipinski definition) is 4. The van der Waals surface area contributed by atoms with E-state index in [1.807, 2.05) is 6.92 Å². The molecule has 1 saturated heterocycles. The van der Waals surface area contributed by atoms with Crippen LogP contribution in [0.2, 0.25) is 0 Å². The molecule has 1 atom stereocenters. The molecule has 1 aliphatic heterocycles. The second-order valence-electron chi connectivity index (χ2n) is 7.66. The summed E-state index contributed by atoms with van der Waals surface area (Å²) in [6, 6.07) is 7.31. The lowest BCUT2D eigenvalue weighted by Gasteiger charge is -2.34. The third-order valence-corrected chi connectivity index (χ3v) is 6.37. The summed E-state index contributed by atoms with van der Waals surface area (Å²) >= 11 is 3.18. The molecule has 0 radical (unpaired) electrons. The molecule has 2 aromatic heterocycles. The molecule has 5 rings (SSSR count). The Bertz CT molecular complexity index is 1270. The molecular weight excluding hydrogens is 470 g/mol. The molecule has 1 amide bonds. The zero-order valence-electron chi connectivity index (χ0n) is 16.4. The number of benzene rings is 2. The fourth-order valence-corrected chi connectivity index (χ4v) is 4.50. The number of nitrogens with one attached hydrogen (secondary N) is 1. The van der Waals surface area contributed by atoms with Gasteiger partial charge in [0.25, 0.3) is 5.91 Å². The number of rotatable bonds is 3. The predicted octanol–water partition coefficient (Wildman–Crippen LogP) is 4.34. The van der Waals surface area contributed by atoms with Gasteiger partial charge in [0, 0.05) is 12.6 Å². The van der Waals surface area contributed by atoms with E-state index in [-0.39, 0.29) is 11.3 Å². The van der Waals surface area contributed by atoms with Crippen LogP contribution in [0.1, 0.15) is 35.9 Å². The Kier molecular flexibility index (Phi) is 4.62. The van der Waals surface area contributed by atoms with Gasteiger partial charge in [0.1, 0.15) is 28.7 Å². The van der Waals surface area contributed by atoms with E-state index in [0.717, 1.165) is 6.42 Å². The van der Waals surface area contributed by atoms with Gasteiger partial charge in [0.15, 0.2) is 0 Å². The highest BCUT2D eigenvalue weighted by molar-refractivity contribution is 9.10. The van der Waals surface area contributed by atoms with Crippen molar-refractivity contribution in [2.45, 2.75) is 25.3 Å². The molecule has 2 aromatic carbocycles. The average Bonchev–Trinajstić information content (AvgIpc) is 3.48. The summed E-state index contributed by atoms with van der Waals surface area (Å²) < 4.78 is 29.2. The van der Waals surface area contributed by atoms with Crippen LogP contribution in [0.5, 0.6) is 0 Å². The Balaban J connectivity index is 1.59. The molecule has 1 unspecified atom stereocenters. The van der Waals surface area contributed by atoms with Crippen LogP contribution in [-0.4, -0.2) is 42.3 Å². The van der Waals surface area contributed by atoms with E-state index in [1.165, 1.54) is 35.4 Å². The lowest BCUT2D eigenvalue weighted by atomic mass is 9.97. The highest BCUT2D eigenvalue weighted by atomic mass is 79.9. The van der Waals surface area contributed by atoms with Crippen LogP contribution < -0.4 is 0 Å². The van der Waals surface area contributed by atoms with Crippen LogP contribution in [0.15, 0.2) is 47.2 Å². The van der Waals surface area contributed by atoms with Crippen LogP contribution in [0.3, 0.4) is 0 Å². The van der Waals surface area contributed by atoms with Gasteiger partial charge >= 0.3 is 0 Å². The van der Waals surface area contributed by atoms with Gasteiger partial charge in [-0.1, -0.05) is 6.07 Å². The van der Waals surface area contributed by atoms with Crippen LogP contribution in [0.4, 0.5) is 8.78 Å². The number of nitrogens with zero attached hydrogens (tertiary/aromatic N) is 5. The van der Waals surface area contributed by atoms with E-state index >= 15 is 0 Å². The topological polar surface area (TPSA) is 79.7 Å². The van der Waals surface area contributed by atoms with Gasteiger partial charge in [-0.25, -0.2) is 13.8 Å². The van der Waals surface area contributed by atoms with E-state index in [4.69, 9.17) is 0 Å². The maximum atomic E-state index is 14.9. The summed E-state index contributed by atoms with van der Waals surface area (Å²) in [5.74, 6) is -1.01. The van der Waals surface area contributed by atoms with Gasteiger partial charge < -0.3 is 9.88 Å². The number of carbonyl (C=O) groups excluding carboxylic acids is 1. The van der Waals surface area contributed by atoms with Crippen LogP contribution in [0, 0.1) is 11.6 Å². The van der Waals surface area contributed by atoms with Gasteiger partial charge in [0.05, 0.1) is 33.4 Å². The number of likely N-dealkylation sites (tertiary alicyclic amines) is 1. The van der Waals surface area contributed by atoms with Gasteiger partial charge in [0.2, 0.25) is 0 Å². The zero-order valence-corrected chi connectivity index (χ0v) is 18.0. The fraction of sp³-hybridized carbons (Fsp3) is 0.238. The van der Waals surface area contributed by atoms with Crippen molar-refractivity contribution >= 4 is 32.9 Å². The van der Waals surface area contributed by atoms with E-state index in [9.17, 15) is 13.6 Å². The number of hydrogen-bond donors (Lipinski definition) is 1. The Labute approximate surface area is 184 Å². The number of imidazole rings is 1. The lowest BCUT2D eigenvalue weighted by molar-refractivity contribution is 0.0601. The highest BCUT2D eigenvalue weighted by Crippen LogP contribution is 2.40. The summed E-state index contributed by atoms with van der Waals surface area (Å²) in [6.45, 7) is 2.32. The lowest BCUT2D eigenvalue weighted by Crippen LogP contribution is -2.44. The largest absolute Gasteiger partial charge is 0.340 e. The van der Waals surface area contributed by atoms with Crippen molar-refractivity contribution in [2.24, 2.45) is 0 Å². The first-order chi connectivity index (χ1) is 14.9. The zero-order chi connectivity index (χ0) is 21.8. The van der Waals surface area contributed by atoms with Crippen molar-refractivity contribution in [3.63, 3.8) is 0 Å². The van der Waals surface area contributed by atoms with E-state index < -0.39 is 23.1 Å². The Hall–Kier alpha value is -3.14. The summed E-state index contributed by atoms with van der Waals surface area (Å²) in [6.07, 6.45) is 4.28. The summed E-state index contributed by atoms with van der Waals surface area (Å²) in [4.78, 5) is 24.2. The molecule has 1 N–H and O–H groups in total. The molecule has 0 saturated carbocycles. The Morgan fingerprint density at radius 2 is 1.97 bits per heavy atom. The summed E-state index contributed by atoms with van der Waals surface area (Å²) in [7, 11) is 0. The van der Waals surface area contributed by atoms with Crippen molar-refractivity contribution in [1.29, 1.82) is 0 Å². The molecule has 4 aromatic rings. The third kappa shape index (κ3) is 3.13. The first-order valence-electron chi connectivity index (χ1n) is 9.71. The van der Waals surface area contributed by atoms with E-state index in [0.29, 0.717) is 34.3 Å². The van der Waals surface area contributed by atoms with Gasteiger partial charge in [-0.15, -0.1) is 0 Å². The molecule has 31 heavy (non-hydrogen) atoms. The standard InChI is InChI=1S/C21H17BrF2N6O/c1-21(20-27-15-10-12(22)14(24)11-16(15)28-20)6-3-9-29(21)19(31)18-13(23)4-2-5-17(18)30-25-7-8-26-30/h2,4-5,7-8,10-11H,3,6,9H2,1H3,(H,27,28). The second kappa shape index (κ2) is 7.23. The van der Waals surface area contributed by atoms with Crippen molar-refractivity contribution in [3.05, 3.63) is 70.2 Å². The first-order valence-corrected chi connectivity index (χ1v) is 10.5. The Morgan fingerprint density at radius 1 is 1.19 bits per heavy atom. The maximum Gasteiger partial charge on any atom is 0.259 e. The molecule has 0 aliphatic carbocycles. The number of halogens is 3.